The third-order valence-corrected chi connectivity index (χ3v) is 3.74. The summed E-state index contributed by atoms with van der Waals surface area (Å²) in [4.78, 5) is 12.0. The Bertz CT molecular complexity index is 367. The number of halogens is 1. The minimum atomic E-state index is -0.336. The van der Waals surface area contributed by atoms with Gasteiger partial charge in [-0.1, -0.05) is 75.8 Å². The average molecular weight is 312 g/mol. The van der Waals surface area contributed by atoms with Gasteiger partial charge in [-0.25, -0.2) is 0 Å². The van der Waals surface area contributed by atoms with E-state index in [9.17, 15) is 4.79 Å². The molecular weight excluding hydrogens is 282 g/mol. The molecule has 1 atom stereocenters. The normalized spacial score (nSPS) is 11.7. The predicted molar refractivity (Wildman–Crippen MR) is 93.0 cm³/mol. The number of Topliss-reactive ketones (excluding diaryl/α,β-unsaturated/α-hetero) is 1. The van der Waals surface area contributed by atoms with Crippen molar-refractivity contribution in [1.29, 1.82) is 0 Å². The van der Waals surface area contributed by atoms with Crippen molar-refractivity contribution in [3.05, 3.63) is 35.9 Å². The molecule has 0 fully saturated rings. The van der Waals surface area contributed by atoms with Gasteiger partial charge in [-0.3, -0.25) is 4.79 Å². The lowest BCUT2D eigenvalue weighted by Crippen LogP contribution is -2.32. The van der Waals surface area contributed by atoms with Crippen LogP contribution in [-0.2, 0) is 11.2 Å². The average Bonchev–Trinajstić information content (AvgIpc) is 2.47. The van der Waals surface area contributed by atoms with Crippen LogP contribution in [0, 0.1) is 0 Å². The van der Waals surface area contributed by atoms with E-state index in [1.807, 2.05) is 30.3 Å². The molecule has 0 heterocycles. The van der Waals surface area contributed by atoms with Crippen molar-refractivity contribution in [2.24, 2.45) is 5.73 Å². The molecule has 0 amide bonds. The van der Waals surface area contributed by atoms with Crippen LogP contribution in [0.5, 0.6) is 0 Å². The molecule has 2 nitrogen and oxygen atoms in total. The number of unbranched alkanes of at least 4 members (excludes halogenated alkanes) is 6. The molecular formula is C18H30ClNO. The molecule has 2 N–H and O–H groups in total. The number of nitrogens with two attached hydrogens (primary N) is 1. The smallest absolute Gasteiger partial charge is 0.149 e. The molecule has 120 valence electrons. The van der Waals surface area contributed by atoms with Gasteiger partial charge in [0.25, 0.3) is 0 Å². The lowest BCUT2D eigenvalue weighted by molar-refractivity contribution is -0.120. The SMILES string of the molecule is CCCCCCCCCC(=O)C(N)Cc1ccccc1.Cl. The van der Waals surface area contributed by atoms with Crippen LogP contribution < -0.4 is 5.73 Å². The van der Waals surface area contributed by atoms with Crippen molar-refractivity contribution < 1.29 is 4.79 Å². The van der Waals surface area contributed by atoms with Gasteiger partial charge >= 0.3 is 0 Å². The van der Waals surface area contributed by atoms with Crippen LogP contribution in [-0.4, -0.2) is 11.8 Å². The van der Waals surface area contributed by atoms with Crippen molar-refractivity contribution in [2.75, 3.05) is 0 Å². The Labute approximate surface area is 135 Å². The number of carbonyl (C=O) groups is 1. The molecule has 0 aliphatic carbocycles. The zero-order valence-corrected chi connectivity index (χ0v) is 14.0. The number of ketones is 1. The van der Waals surface area contributed by atoms with Crippen LogP contribution in [0.15, 0.2) is 30.3 Å². The first kappa shape index (κ1) is 20.1. The van der Waals surface area contributed by atoms with Crippen molar-refractivity contribution in [2.45, 2.75) is 70.8 Å². The summed E-state index contributed by atoms with van der Waals surface area (Å²) < 4.78 is 0. The molecule has 1 aromatic rings. The Kier molecular flexibility index (Phi) is 12.3. The van der Waals surface area contributed by atoms with Gasteiger partial charge < -0.3 is 5.73 Å². The molecule has 0 aromatic heterocycles. The standard InChI is InChI=1S/C18H29NO.ClH/c1-2-3-4-5-6-7-11-14-18(20)17(19)15-16-12-9-8-10-13-16;/h8-10,12-13,17H,2-7,11,14-15,19H2,1H3;1H. The fourth-order valence-corrected chi connectivity index (χ4v) is 2.42. The minimum absolute atomic E-state index is 0. The Morgan fingerprint density at radius 2 is 1.57 bits per heavy atom. The third-order valence-electron chi connectivity index (χ3n) is 3.74. The molecule has 0 spiro atoms. The maximum Gasteiger partial charge on any atom is 0.149 e. The van der Waals surface area contributed by atoms with E-state index in [1.54, 1.807) is 0 Å². The largest absolute Gasteiger partial charge is 0.321 e. The topological polar surface area (TPSA) is 43.1 Å². The monoisotopic (exact) mass is 311 g/mol. The predicted octanol–water partition coefficient (Wildman–Crippen LogP) is 4.69. The maximum atomic E-state index is 12.0. The van der Waals surface area contributed by atoms with Crippen molar-refractivity contribution in [3.63, 3.8) is 0 Å². The second kappa shape index (κ2) is 12.8. The van der Waals surface area contributed by atoms with Crippen LogP contribution in [0.25, 0.3) is 0 Å². The highest BCUT2D eigenvalue weighted by atomic mass is 35.5. The van der Waals surface area contributed by atoms with Gasteiger partial charge in [-0.2, -0.15) is 0 Å². The Balaban J connectivity index is 0.00000400. The fourth-order valence-electron chi connectivity index (χ4n) is 2.42. The number of rotatable bonds is 11. The zero-order valence-electron chi connectivity index (χ0n) is 13.2. The lowest BCUT2D eigenvalue weighted by atomic mass is 9.99. The second-order valence-electron chi connectivity index (χ2n) is 5.63. The first-order valence-corrected chi connectivity index (χ1v) is 8.06. The van der Waals surface area contributed by atoms with Gasteiger partial charge in [0.15, 0.2) is 0 Å². The molecule has 0 saturated carbocycles. The van der Waals surface area contributed by atoms with Crippen LogP contribution in [0.2, 0.25) is 0 Å². The van der Waals surface area contributed by atoms with Crippen LogP contribution >= 0.6 is 12.4 Å². The molecule has 1 unspecified atom stereocenters. The second-order valence-corrected chi connectivity index (χ2v) is 5.63. The molecule has 21 heavy (non-hydrogen) atoms. The van der Waals surface area contributed by atoms with Crippen LogP contribution in [0.3, 0.4) is 0 Å². The van der Waals surface area contributed by atoms with E-state index in [4.69, 9.17) is 5.73 Å². The first-order valence-electron chi connectivity index (χ1n) is 8.06. The summed E-state index contributed by atoms with van der Waals surface area (Å²) in [6.07, 6.45) is 9.96. The van der Waals surface area contributed by atoms with Gasteiger partial charge in [-0.05, 0) is 18.4 Å². The summed E-state index contributed by atoms with van der Waals surface area (Å²) in [5.74, 6) is 0.211. The molecule has 0 aliphatic rings. The maximum absolute atomic E-state index is 12.0. The van der Waals surface area contributed by atoms with Gasteiger partial charge in [0, 0.05) is 6.42 Å². The zero-order chi connectivity index (χ0) is 14.6. The van der Waals surface area contributed by atoms with Crippen molar-refractivity contribution >= 4 is 18.2 Å². The van der Waals surface area contributed by atoms with Crippen molar-refractivity contribution in [3.8, 4) is 0 Å². The number of hydrogen-bond acceptors (Lipinski definition) is 2. The van der Waals surface area contributed by atoms with Gasteiger partial charge in [0.2, 0.25) is 0 Å². The molecule has 1 rings (SSSR count). The van der Waals surface area contributed by atoms with E-state index in [2.05, 4.69) is 6.92 Å². The van der Waals surface area contributed by atoms with Gasteiger partial charge in [-0.15, -0.1) is 12.4 Å². The van der Waals surface area contributed by atoms with E-state index in [0.717, 1.165) is 18.4 Å². The summed E-state index contributed by atoms with van der Waals surface area (Å²) in [5, 5.41) is 0. The summed E-state index contributed by atoms with van der Waals surface area (Å²) in [5.41, 5.74) is 7.13. The molecule has 0 aliphatic heterocycles. The van der Waals surface area contributed by atoms with E-state index >= 15 is 0 Å². The number of benzene rings is 1. The van der Waals surface area contributed by atoms with E-state index < -0.39 is 0 Å². The number of carbonyl (C=O) groups excluding carboxylic acids is 1. The summed E-state index contributed by atoms with van der Waals surface area (Å²) in [6.45, 7) is 2.23. The minimum Gasteiger partial charge on any atom is -0.321 e. The summed E-state index contributed by atoms with van der Waals surface area (Å²) in [7, 11) is 0. The Morgan fingerprint density at radius 1 is 1.00 bits per heavy atom. The highest BCUT2D eigenvalue weighted by Crippen LogP contribution is 2.10. The number of hydrogen-bond donors (Lipinski definition) is 1. The van der Waals surface area contributed by atoms with E-state index in [1.165, 1.54) is 32.1 Å². The van der Waals surface area contributed by atoms with Crippen LogP contribution in [0.1, 0.15) is 63.9 Å². The molecule has 0 bridgehead atoms. The Hall–Kier alpha value is -0.860. The highest BCUT2D eigenvalue weighted by molar-refractivity contribution is 5.85. The van der Waals surface area contributed by atoms with Gasteiger partial charge in [0.1, 0.15) is 5.78 Å². The molecule has 1 aromatic carbocycles. The fraction of sp³-hybridized carbons (Fsp3) is 0.611. The first-order chi connectivity index (χ1) is 9.74. The third kappa shape index (κ3) is 9.65. The van der Waals surface area contributed by atoms with Crippen LogP contribution in [0.4, 0.5) is 0 Å². The molecule has 3 heteroatoms. The van der Waals surface area contributed by atoms with Gasteiger partial charge in [0.05, 0.1) is 6.04 Å². The summed E-state index contributed by atoms with van der Waals surface area (Å²) >= 11 is 0. The van der Waals surface area contributed by atoms with Crippen molar-refractivity contribution in [1.82, 2.24) is 0 Å². The lowest BCUT2D eigenvalue weighted by Gasteiger charge is -2.10. The molecule has 0 radical (unpaired) electrons. The summed E-state index contributed by atoms with van der Waals surface area (Å²) in [6, 6.07) is 9.68. The quantitative estimate of drug-likeness (QED) is 0.602. The van der Waals surface area contributed by atoms with E-state index in [-0.39, 0.29) is 24.2 Å². The highest BCUT2D eigenvalue weighted by Gasteiger charge is 2.13. The molecule has 0 saturated heterocycles. The van der Waals surface area contributed by atoms with E-state index in [0.29, 0.717) is 12.8 Å². The Morgan fingerprint density at radius 3 is 2.19 bits per heavy atom.